The van der Waals surface area contributed by atoms with Gasteiger partial charge in [-0.1, -0.05) is 31.5 Å². The first kappa shape index (κ1) is 19.8. The van der Waals surface area contributed by atoms with Gasteiger partial charge in [0.2, 0.25) is 5.91 Å². The van der Waals surface area contributed by atoms with Crippen LogP contribution in [0.5, 0.6) is 5.75 Å². The molecule has 1 atom stereocenters. The van der Waals surface area contributed by atoms with E-state index in [0.29, 0.717) is 22.0 Å². The van der Waals surface area contributed by atoms with E-state index in [-0.39, 0.29) is 17.7 Å². The Morgan fingerprint density at radius 3 is 2.27 bits per heavy atom. The molecule has 0 saturated heterocycles. The quantitative estimate of drug-likeness (QED) is 0.801. The first-order valence-electron chi connectivity index (χ1n) is 8.33. The number of hydrogen-bond acceptors (Lipinski definition) is 3. The fraction of sp³-hybridized carbons (Fsp3) is 0.300. The molecule has 0 heterocycles. The maximum atomic E-state index is 12.7. The van der Waals surface area contributed by atoms with E-state index >= 15 is 0 Å². The third-order valence-corrected chi connectivity index (χ3v) is 4.28. The normalized spacial score (nSPS) is 11.8. The number of aryl methyl sites for hydroxylation is 1. The number of rotatable bonds is 6. The van der Waals surface area contributed by atoms with Crippen LogP contribution >= 0.6 is 11.6 Å². The molecule has 0 aliphatic heterocycles. The SMILES string of the molecule is COc1ccc(C(=O)N[C@@H](C(=O)Nc2ccc(C)cc2Cl)C(C)C)cc1. The van der Waals surface area contributed by atoms with Crippen molar-refractivity contribution >= 4 is 29.1 Å². The maximum Gasteiger partial charge on any atom is 0.251 e. The summed E-state index contributed by atoms with van der Waals surface area (Å²) in [6, 6.07) is 11.4. The summed E-state index contributed by atoms with van der Waals surface area (Å²) in [7, 11) is 1.56. The second-order valence-electron chi connectivity index (χ2n) is 6.40. The van der Waals surface area contributed by atoms with E-state index in [2.05, 4.69) is 10.6 Å². The van der Waals surface area contributed by atoms with Crippen LogP contribution in [0.15, 0.2) is 42.5 Å². The number of amides is 2. The van der Waals surface area contributed by atoms with Crippen molar-refractivity contribution in [2.45, 2.75) is 26.8 Å². The molecule has 0 radical (unpaired) electrons. The molecule has 2 aromatic rings. The van der Waals surface area contributed by atoms with Crippen molar-refractivity contribution in [2.75, 3.05) is 12.4 Å². The summed E-state index contributed by atoms with van der Waals surface area (Å²) in [6.45, 7) is 5.66. The minimum absolute atomic E-state index is 0.0959. The molecule has 2 rings (SSSR count). The summed E-state index contributed by atoms with van der Waals surface area (Å²) >= 11 is 6.17. The maximum absolute atomic E-state index is 12.7. The Labute approximate surface area is 158 Å². The second-order valence-corrected chi connectivity index (χ2v) is 6.80. The number of nitrogens with one attached hydrogen (secondary N) is 2. The zero-order valence-corrected chi connectivity index (χ0v) is 16.1. The number of anilines is 1. The van der Waals surface area contributed by atoms with Gasteiger partial charge in [0.25, 0.3) is 5.91 Å². The monoisotopic (exact) mass is 374 g/mol. The van der Waals surface area contributed by atoms with Crippen LogP contribution in [0.25, 0.3) is 0 Å². The molecule has 0 aliphatic carbocycles. The summed E-state index contributed by atoms with van der Waals surface area (Å²) in [5, 5.41) is 6.04. The summed E-state index contributed by atoms with van der Waals surface area (Å²) in [5.74, 6) is -0.0701. The molecular formula is C20H23ClN2O3. The first-order chi connectivity index (χ1) is 12.3. The molecule has 6 heteroatoms. The van der Waals surface area contributed by atoms with Crippen LogP contribution in [-0.2, 0) is 4.79 Å². The number of ether oxygens (including phenoxy) is 1. The lowest BCUT2D eigenvalue weighted by molar-refractivity contribution is -0.118. The molecular weight excluding hydrogens is 352 g/mol. The van der Waals surface area contributed by atoms with E-state index in [1.807, 2.05) is 26.8 Å². The predicted octanol–water partition coefficient (Wildman–Crippen LogP) is 4.05. The molecule has 0 aliphatic rings. The van der Waals surface area contributed by atoms with Crippen LogP contribution < -0.4 is 15.4 Å². The average molecular weight is 375 g/mol. The molecule has 2 aromatic carbocycles. The minimum atomic E-state index is -0.693. The standard InChI is InChI=1S/C20H23ClN2O3/c1-12(2)18(20(25)22-17-10-5-13(3)11-16(17)21)23-19(24)14-6-8-15(26-4)9-7-14/h5-12,18H,1-4H3,(H,22,25)(H,23,24)/t18-/m1/s1. The third-order valence-electron chi connectivity index (χ3n) is 3.97. The molecule has 0 aromatic heterocycles. The lowest BCUT2D eigenvalue weighted by Crippen LogP contribution is -2.47. The molecule has 0 spiro atoms. The van der Waals surface area contributed by atoms with Crippen LogP contribution in [0.1, 0.15) is 29.8 Å². The number of benzene rings is 2. The lowest BCUT2D eigenvalue weighted by Gasteiger charge is -2.22. The van der Waals surface area contributed by atoms with Crippen molar-refractivity contribution in [3.63, 3.8) is 0 Å². The minimum Gasteiger partial charge on any atom is -0.497 e. The Balaban J connectivity index is 2.11. The van der Waals surface area contributed by atoms with E-state index in [9.17, 15) is 9.59 Å². The third kappa shape index (κ3) is 4.99. The van der Waals surface area contributed by atoms with E-state index in [1.54, 1.807) is 43.5 Å². The molecule has 138 valence electrons. The van der Waals surface area contributed by atoms with Crippen molar-refractivity contribution in [3.05, 3.63) is 58.6 Å². The van der Waals surface area contributed by atoms with Crippen molar-refractivity contribution in [2.24, 2.45) is 5.92 Å². The molecule has 26 heavy (non-hydrogen) atoms. The van der Waals surface area contributed by atoms with Gasteiger partial charge in [-0.2, -0.15) is 0 Å². The van der Waals surface area contributed by atoms with Gasteiger partial charge in [0, 0.05) is 5.56 Å². The Morgan fingerprint density at radius 2 is 1.73 bits per heavy atom. The van der Waals surface area contributed by atoms with Crippen molar-refractivity contribution in [3.8, 4) is 5.75 Å². The molecule has 0 fully saturated rings. The molecule has 2 amide bonds. The van der Waals surface area contributed by atoms with Gasteiger partial charge in [-0.15, -0.1) is 0 Å². The highest BCUT2D eigenvalue weighted by atomic mass is 35.5. The van der Waals surface area contributed by atoms with E-state index in [1.165, 1.54) is 0 Å². The average Bonchev–Trinajstić information content (AvgIpc) is 2.61. The van der Waals surface area contributed by atoms with Crippen molar-refractivity contribution < 1.29 is 14.3 Å². The molecule has 0 saturated carbocycles. The zero-order chi connectivity index (χ0) is 19.3. The first-order valence-corrected chi connectivity index (χ1v) is 8.71. The van der Waals surface area contributed by atoms with Crippen LogP contribution in [-0.4, -0.2) is 25.0 Å². The fourth-order valence-electron chi connectivity index (χ4n) is 2.43. The molecule has 0 unspecified atom stereocenters. The predicted molar refractivity (Wildman–Crippen MR) is 104 cm³/mol. The largest absolute Gasteiger partial charge is 0.497 e. The smallest absolute Gasteiger partial charge is 0.251 e. The number of hydrogen-bond donors (Lipinski definition) is 2. The summed E-state index contributed by atoms with van der Waals surface area (Å²) in [5.41, 5.74) is 1.98. The Hall–Kier alpha value is -2.53. The molecule has 5 nitrogen and oxygen atoms in total. The highest BCUT2D eigenvalue weighted by Crippen LogP contribution is 2.23. The summed E-state index contributed by atoms with van der Waals surface area (Å²) in [4.78, 5) is 25.1. The number of carbonyl (C=O) groups excluding carboxylic acids is 2. The Morgan fingerprint density at radius 1 is 1.08 bits per heavy atom. The van der Waals surface area contributed by atoms with E-state index in [4.69, 9.17) is 16.3 Å². The van der Waals surface area contributed by atoms with Gasteiger partial charge in [0.15, 0.2) is 0 Å². The highest BCUT2D eigenvalue weighted by molar-refractivity contribution is 6.33. The summed E-state index contributed by atoms with van der Waals surface area (Å²) < 4.78 is 5.08. The van der Waals surface area contributed by atoms with Gasteiger partial charge >= 0.3 is 0 Å². The summed E-state index contributed by atoms with van der Waals surface area (Å²) in [6.07, 6.45) is 0. The number of carbonyl (C=O) groups is 2. The molecule has 2 N–H and O–H groups in total. The fourth-order valence-corrected chi connectivity index (χ4v) is 2.72. The Bertz CT molecular complexity index is 788. The van der Waals surface area contributed by atoms with Gasteiger partial charge in [0.05, 0.1) is 17.8 Å². The van der Waals surface area contributed by atoms with E-state index < -0.39 is 6.04 Å². The van der Waals surface area contributed by atoms with Gasteiger partial charge in [-0.3, -0.25) is 9.59 Å². The van der Waals surface area contributed by atoms with Gasteiger partial charge in [0.1, 0.15) is 11.8 Å². The van der Waals surface area contributed by atoms with Crippen LogP contribution in [0.4, 0.5) is 5.69 Å². The zero-order valence-electron chi connectivity index (χ0n) is 15.3. The number of halogens is 1. The number of methoxy groups -OCH3 is 1. The second kappa shape index (κ2) is 8.72. The van der Waals surface area contributed by atoms with Gasteiger partial charge < -0.3 is 15.4 Å². The van der Waals surface area contributed by atoms with Crippen LogP contribution in [0.2, 0.25) is 5.02 Å². The van der Waals surface area contributed by atoms with Crippen LogP contribution in [0.3, 0.4) is 0 Å². The topological polar surface area (TPSA) is 67.4 Å². The van der Waals surface area contributed by atoms with Crippen molar-refractivity contribution in [1.82, 2.24) is 5.32 Å². The van der Waals surface area contributed by atoms with Crippen LogP contribution in [0, 0.1) is 12.8 Å². The van der Waals surface area contributed by atoms with E-state index in [0.717, 1.165) is 5.56 Å². The van der Waals surface area contributed by atoms with Gasteiger partial charge in [-0.05, 0) is 54.8 Å². The Kier molecular flexibility index (Phi) is 6.64. The lowest BCUT2D eigenvalue weighted by atomic mass is 10.0. The molecule has 0 bridgehead atoms. The van der Waals surface area contributed by atoms with Crippen molar-refractivity contribution in [1.29, 1.82) is 0 Å². The highest BCUT2D eigenvalue weighted by Gasteiger charge is 2.25. The van der Waals surface area contributed by atoms with Gasteiger partial charge in [-0.25, -0.2) is 0 Å².